The Labute approximate surface area is 165 Å². The lowest BCUT2D eigenvalue weighted by atomic mass is 9.96. The van der Waals surface area contributed by atoms with Gasteiger partial charge in [0.05, 0.1) is 5.69 Å². The van der Waals surface area contributed by atoms with Crippen LogP contribution in [-0.4, -0.2) is 53.6 Å². The van der Waals surface area contributed by atoms with Crippen molar-refractivity contribution in [2.45, 2.75) is 12.8 Å². The van der Waals surface area contributed by atoms with Crippen LogP contribution in [0.1, 0.15) is 12.8 Å². The van der Waals surface area contributed by atoms with Crippen LogP contribution in [0.2, 0.25) is 5.15 Å². The van der Waals surface area contributed by atoms with E-state index in [9.17, 15) is 0 Å². The Bertz CT molecular complexity index is 935. The standard InChI is InChI=1S/C21H24ClN5/c1-26(2)14-15-5-9-27(10-6-15)21-18-4-7-23-13-17(18)11-19(25-21)16-3-8-24-20(22)12-16/h3-4,7-8,11-13,15H,5-6,9-10,14H2,1-2H3. The van der Waals surface area contributed by atoms with Gasteiger partial charge in [-0.2, -0.15) is 0 Å². The second-order valence-electron chi connectivity index (χ2n) is 7.49. The summed E-state index contributed by atoms with van der Waals surface area (Å²) in [4.78, 5) is 18.1. The summed E-state index contributed by atoms with van der Waals surface area (Å²) in [6, 6.07) is 7.95. The SMILES string of the molecule is CN(C)CC1CCN(c2nc(-c3ccnc(Cl)c3)cc3cnccc23)CC1. The van der Waals surface area contributed by atoms with Crippen molar-refractivity contribution in [3.05, 3.63) is 48.0 Å². The van der Waals surface area contributed by atoms with Crippen LogP contribution in [0.5, 0.6) is 0 Å². The molecule has 1 aliphatic heterocycles. The highest BCUT2D eigenvalue weighted by molar-refractivity contribution is 6.29. The fourth-order valence-electron chi connectivity index (χ4n) is 3.87. The van der Waals surface area contributed by atoms with Crippen LogP contribution < -0.4 is 4.90 Å². The van der Waals surface area contributed by atoms with Crippen molar-refractivity contribution in [2.24, 2.45) is 5.92 Å². The molecule has 0 saturated carbocycles. The maximum absolute atomic E-state index is 6.09. The number of hydrogen-bond acceptors (Lipinski definition) is 5. The Morgan fingerprint density at radius 2 is 1.96 bits per heavy atom. The van der Waals surface area contributed by atoms with Gasteiger partial charge in [0.25, 0.3) is 0 Å². The number of rotatable bonds is 4. The van der Waals surface area contributed by atoms with Crippen molar-refractivity contribution < 1.29 is 0 Å². The highest BCUT2D eigenvalue weighted by Gasteiger charge is 2.22. The summed E-state index contributed by atoms with van der Waals surface area (Å²) in [5, 5.41) is 2.73. The van der Waals surface area contributed by atoms with Gasteiger partial charge in [-0.25, -0.2) is 9.97 Å². The third-order valence-electron chi connectivity index (χ3n) is 5.17. The molecule has 0 N–H and O–H groups in total. The van der Waals surface area contributed by atoms with Crippen molar-refractivity contribution in [1.82, 2.24) is 19.9 Å². The summed E-state index contributed by atoms with van der Waals surface area (Å²) in [5.41, 5.74) is 1.88. The normalized spacial score (nSPS) is 15.6. The molecule has 3 aromatic rings. The van der Waals surface area contributed by atoms with E-state index in [0.29, 0.717) is 5.15 Å². The number of anilines is 1. The molecule has 0 atom stereocenters. The highest BCUT2D eigenvalue weighted by Crippen LogP contribution is 2.32. The minimum Gasteiger partial charge on any atom is -0.356 e. The minimum absolute atomic E-state index is 0.478. The van der Waals surface area contributed by atoms with E-state index in [4.69, 9.17) is 16.6 Å². The number of nitrogens with zero attached hydrogens (tertiary/aromatic N) is 5. The molecule has 6 heteroatoms. The minimum atomic E-state index is 0.478. The first-order chi connectivity index (χ1) is 13.1. The van der Waals surface area contributed by atoms with E-state index >= 15 is 0 Å². The van der Waals surface area contributed by atoms with Crippen molar-refractivity contribution in [1.29, 1.82) is 0 Å². The van der Waals surface area contributed by atoms with Gasteiger partial charge in [0.15, 0.2) is 0 Å². The summed E-state index contributed by atoms with van der Waals surface area (Å²) >= 11 is 6.09. The summed E-state index contributed by atoms with van der Waals surface area (Å²) in [7, 11) is 4.30. The lowest BCUT2D eigenvalue weighted by molar-refractivity contribution is 0.285. The molecule has 1 saturated heterocycles. The molecule has 0 radical (unpaired) electrons. The topological polar surface area (TPSA) is 45.2 Å². The number of piperidine rings is 1. The average Bonchev–Trinajstić information content (AvgIpc) is 2.67. The molecule has 27 heavy (non-hydrogen) atoms. The van der Waals surface area contributed by atoms with Gasteiger partial charge in [0.1, 0.15) is 11.0 Å². The molecule has 140 valence electrons. The summed E-state index contributed by atoms with van der Waals surface area (Å²) in [6.07, 6.45) is 7.86. The lowest BCUT2D eigenvalue weighted by Gasteiger charge is -2.34. The first kappa shape index (κ1) is 18.1. The molecule has 1 fully saturated rings. The number of hydrogen-bond donors (Lipinski definition) is 0. The molecular formula is C21H24ClN5. The third-order valence-corrected chi connectivity index (χ3v) is 5.38. The maximum atomic E-state index is 6.09. The van der Waals surface area contributed by atoms with Crippen LogP contribution >= 0.6 is 11.6 Å². The molecule has 4 rings (SSSR count). The molecular weight excluding hydrogens is 358 g/mol. The summed E-state index contributed by atoms with van der Waals surface area (Å²) in [6.45, 7) is 3.22. The third kappa shape index (κ3) is 4.04. The van der Waals surface area contributed by atoms with E-state index in [1.54, 1.807) is 6.20 Å². The van der Waals surface area contributed by atoms with E-state index in [-0.39, 0.29) is 0 Å². The zero-order chi connectivity index (χ0) is 18.8. The van der Waals surface area contributed by atoms with Gasteiger partial charge in [-0.3, -0.25) is 4.98 Å². The quantitative estimate of drug-likeness (QED) is 0.636. The smallest absolute Gasteiger partial charge is 0.137 e. The fraction of sp³-hybridized carbons (Fsp3) is 0.381. The van der Waals surface area contributed by atoms with Gasteiger partial charge < -0.3 is 9.80 Å². The molecule has 4 heterocycles. The first-order valence-corrected chi connectivity index (χ1v) is 9.74. The van der Waals surface area contributed by atoms with Gasteiger partial charge in [0.2, 0.25) is 0 Å². The van der Waals surface area contributed by atoms with Crippen LogP contribution in [0, 0.1) is 5.92 Å². The van der Waals surface area contributed by atoms with E-state index < -0.39 is 0 Å². The molecule has 0 aromatic carbocycles. The summed E-state index contributed by atoms with van der Waals surface area (Å²) < 4.78 is 0. The van der Waals surface area contributed by atoms with Crippen molar-refractivity contribution in [2.75, 3.05) is 38.6 Å². The van der Waals surface area contributed by atoms with Crippen LogP contribution in [-0.2, 0) is 0 Å². The van der Waals surface area contributed by atoms with Crippen LogP contribution in [0.4, 0.5) is 5.82 Å². The second kappa shape index (κ2) is 7.79. The molecule has 0 amide bonds. The van der Waals surface area contributed by atoms with Crippen LogP contribution in [0.25, 0.3) is 22.0 Å². The monoisotopic (exact) mass is 381 g/mol. The second-order valence-corrected chi connectivity index (χ2v) is 7.88. The molecule has 3 aromatic heterocycles. The molecule has 0 unspecified atom stereocenters. The molecule has 1 aliphatic rings. The van der Waals surface area contributed by atoms with Crippen molar-refractivity contribution in [3.8, 4) is 11.3 Å². The lowest BCUT2D eigenvalue weighted by Crippen LogP contribution is -2.37. The number of halogens is 1. The first-order valence-electron chi connectivity index (χ1n) is 9.36. The Hall–Kier alpha value is -2.24. The molecule has 5 nitrogen and oxygen atoms in total. The largest absolute Gasteiger partial charge is 0.356 e. The Morgan fingerprint density at radius 3 is 2.70 bits per heavy atom. The highest BCUT2D eigenvalue weighted by atomic mass is 35.5. The number of aromatic nitrogens is 3. The van der Waals surface area contributed by atoms with Crippen molar-refractivity contribution >= 4 is 28.2 Å². The van der Waals surface area contributed by atoms with E-state index in [1.807, 2.05) is 24.5 Å². The van der Waals surface area contributed by atoms with Gasteiger partial charge in [-0.05, 0) is 57.1 Å². The number of fused-ring (bicyclic) bond motifs is 1. The van der Waals surface area contributed by atoms with Gasteiger partial charge in [-0.15, -0.1) is 0 Å². The predicted molar refractivity (Wildman–Crippen MR) is 111 cm³/mol. The Balaban J connectivity index is 1.70. The van der Waals surface area contributed by atoms with E-state index in [1.165, 1.54) is 12.8 Å². The van der Waals surface area contributed by atoms with Crippen LogP contribution in [0.3, 0.4) is 0 Å². The maximum Gasteiger partial charge on any atom is 0.137 e. The molecule has 0 aliphatic carbocycles. The average molecular weight is 382 g/mol. The zero-order valence-corrected chi connectivity index (χ0v) is 16.5. The van der Waals surface area contributed by atoms with Crippen molar-refractivity contribution in [3.63, 3.8) is 0 Å². The van der Waals surface area contributed by atoms with Gasteiger partial charge in [-0.1, -0.05) is 11.6 Å². The van der Waals surface area contributed by atoms with Gasteiger partial charge >= 0.3 is 0 Å². The number of pyridine rings is 3. The fourth-order valence-corrected chi connectivity index (χ4v) is 4.05. The zero-order valence-electron chi connectivity index (χ0n) is 15.8. The van der Waals surface area contributed by atoms with E-state index in [2.05, 4.69) is 46.0 Å². The van der Waals surface area contributed by atoms with Gasteiger partial charge in [0, 0.05) is 54.6 Å². The Kier molecular flexibility index (Phi) is 5.23. The predicted octanol–water partition coefficient (Wildman–Crippen LogP) is 4.12. The summed E-state index contributed by atoms with van der Waals surface area (Å²) in [5.74, 6) is 1.80. The molecule has 0 spiro atoms. The van der Waals surface area contributed by atoms with E-state index in [0.717, 1.165) is 53.4 Å². The molecule has 0 bridgehead atoms. The van der Waals surface area contributed by atoms with Crippen LogP contribution in [0.15, 0.2) is 42.9 Å². The Morgan fingerprint density at radius 1 is 1.15 bits per heavy atom.